The second kappa shape index (κ2) is 5.42. The van der Waals surface area contributed by atoms with E-state index in [9.17, 15) is 4.79 Å². The highest BCUT2D eigenvalue weighted by Gasteiger charge is 2.13. The van der Waals surface area contributed by atoms with Crippen LogP contribution in [0, 0.1) is 0 Å². The molecule has 0 fully saturated rings. The van der Waals surface area contributed by atoms with Crippen molar-refractivity contribution in [3.8, 4) is 0 Å². The number of nitrogens with one attached hydrogen (secondary N) is 1. The maximum absolute atomic E-state index is 12.3. The molecule has 2 aromatic carbocycles. The van der Waals surface area contributed by atoms with Gasteiger partial charge in [0.2, 0.25) is 0 Å². The van der Waals surface area contributed by atoms with E-state index < -0.39 is 0 Å². The lowest BCUT2D eigenvalue weighted by atomic mass is 10.0. The molecule has 0 unspecified atom stereocenters. The van der Waals surface area contributed by atoms with Crippen LogP contribution in [0.4, 0.5) is 5.69 Å². The van der Waals surface area contributed by atoms with E-state index in [0.717, 1.165) is 5.69 Å². The maximum atomic E-state index is 12.3. The second-order valence-electron chi connectivity index (χ2n) is 3.78. The SMILES string of the molecule is CNc1ccc(Cl)cc1C(=O)c1ccc(Cl)cc1. The van der Waals surface area contributed by atoms with Crippen LogP contribution in [0.5, 0.6) is 0 Å². The lowest BCUT2D eigenvalue weighted by Gasteiger charge is -2.08. The molecule has 18 heavy (non-hydrogen) atoms. The lowest BCUT2D eigenvalue weighted by molar-refractivity contribution is 0.103. The van der Waals surface area contributed by atoms with Crippen LogP contribution in [0.15, 0.2) is 42.5 Å². The van der Waals surface area contributed by atoms with Gasteiger partial charge in [0.15, 0.2) is 5.78 Å². The maximum Gasteiger partial charge on any atom is 0.195 e. The van der Waals surface area contributed by atoms with Crippen molar-refractivity contribution in [3.05, 3.63) is 63.6 Å². The summed E-state index contributed by atoms with van der Waals surface area (Å²) in [4.78, 5) is 12.3. The van der Waals surface area contributed by atoms with Crippen molar-refractivity contribution in [1.82, 2.24) is 0 Å². The van der Waals surface area contributed by atoms with E-state index in [1.54, 1.807) is 49.5 Å². The Labute approximate surface area is 116 Å². The largest absolute Gasteiger partial charge is 0.388 e. The summed E-state index contributed by atoms with van der Waals surface area (Å²) in [5.74, 6) is -0.0847. The van der Waals surface area contributed by atoms with E-state index in [2.05, 4.69) is 5.32 Å². The van der Waals surface area contributed by atoms with Crippen molar-refractivity contribution >= 4 is 34.7 Å². The highest BCUT2D eigenvalue weighted by atomic mass is 35.5. The van der Waals surface area contributed by atoms with Crippen LogP contribution in [0.3, 0.4) is 0 Å². The van der Waals surface area contributed by atoms with E-state index >= 15 is 0 Å². The van der Waals surface area contributed by atoms with Gasteiger partial charge in [-0.3, -0.25) is 4.79 Å². The van der Waals surface area contributed by atoms with Crippen LogP contribution in [0.25, 0.3) is 0 Å². The summed E-state index contributed by atoms with van der Waals surface area (Å²) < 4.78 is 0. The minimum Gasteiger partial charge on any atom is -0.388 e. The number of carbonyl (C=O) groups excluding carboxylic acids is 1. The van der Waals surface area contributed by atoms with E-state index in [1.165, 1.54) is 0 Å². The molecule has 0 spiro atoms. The van der Waals surface area contributed by atoms with Gasteiger partial charge in [0.1, 0.15) is 0 Å². The van der Waals surface area contributed by atoms with Crippen LogP contribution in [0.2, 0.25) is 10.0 Å². The molecule has 92 valence electrons. The van der Waals surface area contributed by atoms with Crippen LogP contribution >= 0.6 is 23.2 Å². The molecule has 0 aliphatic carbocycles. The number of halogens is 2. The number of hydrogen-bond donors (Lipinski definition) is 1. The number of ketones is 1. The highest BCUT2D eigenvalue weighted by molar-refractivity contribution is 6.31. The van der Waals surface area contributed by atoms with E-state index in [1.807, 2.05) is 0 Å². The molecular weight excluding hydrogens is 269 g/mol. The molecule has 0 heterocycles. The Morgan fingerprint density at radius 1 is 1.00 bits per heavy atom. The molecular formula is C14H11Cl2NO. The van der Waals surface area contributed by atoms with Gasteiger partial charge in [-0.1, -0.05) is 23.2 Å². The normalized spacial score (nSPS) is 10.2. The van der Waals surface area contributed by atoms with Crippen molar-refractivity contribution < 1.29 is 4.79 Å². The van der Waals surface area contributed by atoms with Crippen molar-refractivity contribution in [2.75, 3.05) is 12.4 Å². The number of anilines is 1. The zero-order valence-electron chi connectivity index (χ0n) is 9.71. The van der Waals surface area contributed by atoms with Gasteiger partial charge in [-0.05, 0) is 42.5 Å². The molecule has 0 saturated carbocycles. The summed E-state index contributed by atoms with van der Waals surface area (Å²) in [6.07, 6.45) is 0. The molecule has 0 amide bonds. The van der Waals surface area contributed by atoms with Crippen molar-refractivity contribution in [2.45, 2.75) is 0 Å². The van der Waals surface area contributed by atoms with Gasteiger partial charge >= 0.3 is 0 Å². The zero-order valence-corrected chi connectivity index (χ0v) is 11.2. The molecule has 1 N–H and O–H groups in total. The molecule has 0 aromatic heterocycles. The molecule has 0 saturated heterocycles. The summed E-state index contributed by atoms with van der Waals surface area (Å²) in [5, 5.41) is 4.12. The number of benzene rings is 2. The summed E-state index contributed by atoms with van der Waals surface area (Å²) in [6.45, 7) is 0. The average molecular weight is 280 g/mol. The number of rotatable bonds is 3. The minimum atomic E-state index is -0.0847. The number of carbonyl (C=O) groups is 1. The fourth-order valence-electron chi connectivity index (χ4n) is 1.68. The first-order valence-corrected chi connectivity index (χ1v) is 6.15. The highest BCUT2D eigenvalue weighted by Crippen LogP contribution is 2.23. The van der Waals surface area contributed by atoms with Gasteiger partial charge in [0.25, 0.3) is 0 Å². The predicted octanol–water partition coefficient (Wildman–Crippen LogP) is 4.27. The van der Waals surface area contributed by atoms with Crippen molar-refractivity contribution in [1.29, 1.82) is 0 Å². The first-order chi connectivity index (χ1) is 8.61. The van der Waals surface area contributed by atoms with Gasteiger partial charge in [-0.25, -0.2) is 0 Å². The Morgan fingerprint density at radius 2 is 1.61 bits per heavy atom. The summed E-state index contributed by atoms with van der Waals surface area (Å²) in [7, 11) is 1.77. The topological polar surface area (TPSA) is 29.1 Å². The molecule has 2 nitrogen and oxygen atoms in total. The van der Waals surface area contributed by atoms with Crippen molar-refractivity contribution in [2.24, 2.45) is 0 Å². The van der Waals surface area contributed by atoms with Gasteiger partial charge in [0.05, 0.1) is 0 Å². The predicted molar refractivity (Wildman–Crippen MR) is 75.9 cm³/mol. The molecule has 4 heteroatoms. The lowest BCUT2D eigenvalue weighted by Crippen LogP contribution is -2.05. The van der Waals surface area contributed by atoms with Crippen LogP contribution in [-0.4, -0.2) is 12.8 Å². The Balaban J connectivity index is 2.45. The fraction of sp³-hybridized carbons (Fsp3) is 0.0714. The Hall–Kier alpha value is -1.51. The van der Waals surface area contributed by atoms with E-state index in [4.69, 9.17) is 23.2 Å². The molecule has 2 aromatic rings. The molecule has 0 radical (unpaired) electrons. The molecule has 0 bridgehead atoms. The smallest absolute Gasteiger partial charge is 0.195 e. The Bertz CT molecular complexity index is 579. The first-order valence-electron chi connectivity index (χ1n) is 5.39. The first kappa shape index (κ1) is 12.9. The fourth-order valence-corrected chi connectivity index (χ4v) is 1.98. The third-order valence-electron chi connectivity index (χ3n) is 2.60. The minimum absolute atomic E-state index is 0.0847. The molecule has 2 rings (SSSR count). The van der Waals surface area contributed by atoms with E-state index in [0.29, 0.717) is 21.2 Å². The van der Waals surface area contributed by atoms with Gasteiger partial charge in [-0.2, -0.15) is 0 Å². The van der Waals surface area contributed by atoms with Crippen molar-refractivity contribution in [3.63, 3.8) is 0 Å². The van der Waals surface area contributed by atoms with Crippen LogP contribution in [0.1, 0.15) is 15.9 Å². The zero-order chi connectivity index (χ0) is 13.1. The van der Waals surface area contributed by atoms with Gasteiger partial charge in [0, 0.05) is 33.9 Å². The molecule has 0 aliphatic heterocycles. The third kappa shape index (κ3) is 2.66. The second-order valence-corrected chi connectivity index (χ2v) is 4.65. The van der Waals surface area contributed by atoms with Crippen LogP contribution < -0.4 is 5.32 Å². The molecule has 0 atom stereocenters. The third-order valence-corrected chi connectivity index (χ3v) is 3.09. The molecule has 0 aliphatic rings. The van der Waals surface area contributed by atoms with Gasteiger partial charge < -0.3 is 5.32 Å². The van der Waals surface area contributed by atoms with Crippen LogP contribution in [-0.2, 0) is 0 Å². The summed E-state index contributed by atoms with van der Waals surface area (Å²) in [5.41, 5.74) is 1.88. The average Bonchev–Trinajstić information content (AvgIpc) is 2.39. The quantitative estimate of drug-likeness (QED) is 0.851. The summed E-state index contributed by atoms with van der Waals surface area (Å²) in [6, 6.07) is 12.0. The summed E-state index contributed by atoms with van der Waals surface area (Å²) >= 11 is 11.7. The van der Waals surface area contributed by atoms with Gasteiger partial charge in [-0.15, -0.1) is 0 Å². The number of hydrogen-bond acceptors (Lipinski definition) is 2. The Kier molecular flexibility index (Phi) is 3.90. The van der Waals surface area contributed by atoms with E-state index in [-0.39, 0.29) is 5.78 Å². The Morgan fingerprint density at radius 3 is 2.22 bits per heavy atom. The standard InChI is InChI=1S/C14H11Cl2NO/c1-17-13-7-6-11(16)8-12(13)14(18)9-2-4-10(15)5-3-9/h2-8,17H,1H3. The monoisotopic (exact) mass is 279 g/mol.